The van der Waals surface area contributed by atoms with Gasteiger partial charge in [0.05, 0.1) is 4.99 Å². The Kier molecular flexibility index (Phi) is 8.47. The second kappa shape index (κ2) is 8.90. The second-order valence-electron chi connectivity index (χ2n) is 2.91. The van der Waals surface area contributed by atoms with Crippen molar-refractivity contribution in [1.82, 2.24) is 5.32 Å². The lowest BCUT2D eigenvalue weighted by molar-refractivity contribution is -0.125. The van der Waals surface area contributed by atoms with Crippen molar-refractivity contribution < 1.29 is 9.53 Å². The Morgan fingerprint density at radius 1 is 1.50 bits per heavy atom. The van der Waals surface area contributed by atoms with Crippen molar-refractivity contribution in [2.45, 2.75) is 26.2 Å². The van der Waals surface area contributed by atoms with Crippen molar-refractivity contribution in [3.63, 3.8) is 0 Å². The van der Waals surface area contributed by atoms with Gasteiger partial charge in [0.2, 0.25) is 5.91 Å². The van der Waals surface area contributed by atoms with Gasteiger partial charge in [-0.3, -0.25) is 4.79 Å². The van der Waals surface area contributed by atoms with Crippen LogP contribution in [0.1, 0.15) is 26.2 Å². The van der Waals surface area contributed by atoms with E-state index in [1.54, 1.807) is 0 Å². The lowest BCUT2D eigenvalue weighted by atomic mass is 10.2. The third-order valence-corrected chi connectivity index (χ3v) is 1.81. The van der Waals surface area contributed by atoms with Crippen molar-refractivity contribution in [1.29, 1.82) is 0 Å². The molecule has 0 aliphatic rings. The molecule has 0 aromatic rings. The van der Waals surface area contributed by atoms with Crippen LogP contribution in [0.5, 0.6) is 0 Å². The van der Waals surface area contributed by atoms with Crippen LogP contribution >= 0.6 is 12.2 Å². The molecule has 3 N–H and O–H groups in total. The Bertz CT molecular complexity index is 186. The van der Waals surface area contributed by atoms with E-state index >= 15 is 0 Å². The van der Waals surface area contributed by atoms with Crippen LogP contribution in [0.3, 0.4) is 0 Å². The van der Waals surface area contributed by atoms with Crippen LogP contribution < -0.4 is 11.1 Å². The number of hydrogen-bond donors (Lipinski definition) is 2. The Hall–Kier alpha value is -0.680. The molecule has 0 rings (SSSR count). The van der Waals surface area contributed by atoms with Crippen LogP contribution in [-0.4, -0.2) is 30.7 Å². The molecule has 0 radical (unpaired) electrons. The van der Waals surface area contributed by atoms with E-state index in [1.165, 1.54) is 0 Å². The molecule has 0 heterocycles. The fourth-order valence-electron chi connectivity index (χ4n) is 0.898. The summed E-state index contributed by atoms with van der Waals surface area (Å²) in [7, 11) is 0. The van der Waals surface area contributed by atoms with Crippen LogP contribution in [0, 0.1) is 0 Å². The highest BCUT2D eigenvalue weighted by molar-refractivity contribution is 7.80. The maximum absolute atomic E-state index is 11.0. The van der Waals surface area contributed by atoms with Gasteiger partial charge in [-0.05, 0) is 26.2 Å². The first-order valence-corrected chi connectivity index (χ1v) is 5.20. The molecule has 0 unspecified atom stereocenters. The summed E-state index contributed by atoms with van der Waals surface area (Å²) in [6.45, 7) is 3.23. The van der Waals surface area contributed by atoms with Gasteiger partial charge in [0.15, 0.2) is 0 Å². The average Bonchev–Trinajstić information content (AvgIpc) is 2.13. The Labute approximate surface area is 90.2 Å². The normalized spacial score (nSPS) is 9.79. The molecule has 0 aromatic heterocycles. The molecular weight excluding hydrogens is 200 g/mol. The maximum atomic E-state index is 11.0. The SMILES string of the molecule is CCOCC(=O)NCCCCC(N)=S. The van der Waals surface area contributed by atoms with E-state index in [1.807, 2.05) is 6.92 Å². The van der Waals surface area contributed by atoms with E-state index in [0.29, 0.717) is 18.1 Å². The zero-order valence-electron chi connectivity index (χ0n) is 8.54. The summed E-state index contributed by atoms with van der Waals surface area (Å²) in [6.07, 6.45) is 2.57. The monoisotopic (exact) mass is 218 g/mol. The van der Waals surface area contributed by atoms with Gasteiger partial charge < -0.3 is 15.8 Å². The molecular formula is C9H18N2O2S. The van der Waals surface area contributed by atoms with Crippen LogP contribution in [0.15, 0.2) is 0 Å². The first kappa shape index (κ1) is 13.3. The van der Waals surface area contributed by atoms with E-state index in [9.17, 15) is 4.79 Å². The lowest BCUT2D eigenvalue weighted by Gasteiger charge is -2.04. The van der Waals surface area contributed by atoms with Crippen molar-refractivity contribution in [2.24, 2.45) is 5.73 Å². The maximum Gasteiger partial charge on any atom is 0.245 e. The van der Waals surface area contributed by atoms with Crippen molar-refractivity contribution >= 4 is 23.1 Å². The molecule has 82 valence electrons. The molecule has 0 atom stereocenters. The number of rotatable bonds is 8. The van der Waals surface area contributed by atoms with Crippen LogP contribution in [0.25, 0.3) is 0 Å². The minimum atomic E-state index is -0.0674. The van der Waals surface area contributed by atoms with Crippen molar-refractivity contribution in [3.8, 4) is 0 Å². The van der Waals surface area contributed by atoms with E-state index < -0.39 is 0 Å². The molecule has 0 saturated heterocycles. The molecule has 0 saturated carbocycles. The summed E-state index contributed by atoms with van der Waals surface area (Å²) in [6, 6.07) is 0. The molecule has 0 fully saturated rings. The van der Waals surface area contributed by atoms with Crippen LogP contribution in [0.2, 0.25) is 0 Å². The number of carbonyl (C=O) groups is 1. The van der Waals surface area contributed by atoms with Crippen LogP contribution in [0.4, 0.5) is 0 Å². The van der Waals surface area contributed by atoms with Gasteiger partial charge in [0.1, 0.15) is 6.61 Å². The zero-order chi connectivity index (χ0) is 10.8. The molecule has 0 aromatic carbocycles. The molecule has 0 bridgehead atoms. The van der Waals surface area contributed by atoms with E-state index in [0.717, 1.165) is 19.3 Å². The van der Waals surface area contributed by atoms with Crippen molar-refractivity contribution in [3.05, 3.63) is 0 Å². The predicted molar refractivity (Wildman–Crippen MR) is 60.1 cm³/mol. The number of ether oxygens (including phenoxy) is 1. The average molecular weight is 218 g/mol. The van der Waals surface area contributed by atoms with E-state index in [-0.39, 0.29) is 12.5 Å². The summed E-state index contributed by atoms with van der Waals surface area (Å²) in [5, 5.41) is 2.74. The number of nitrogens with one attached hydrogen (secondary N) is 1. The minimum absolute atomic E-state index is 0.0674. The quantitative estimate of drug-likeness (QED) is 0.462. The van der Waals surface area contributed by atoms with Gasteiger partial charge in [-0.25, -0.2) is 0 Å². The summed E-state index contributed by atoms with van der Waals surface area (Å²) in [5.41, 5.74) is 5.32. The lowest BCUT2D eigenvalue weighted by Crippen LogP contribution is -2.28. The van der Waals surface area contributed by atoms with Gasteiger partial charge in [-0.15, -0.1) is 0 Å². The third-order valence-electron chi connectivity index (χ3n) is 1.61. The van der Waals surface area contributed by atoms with Gasteiger partial charge >= 0.3 is 0 Å². The molecule has 1 amide bonds. The van der Waals surface area contributed by atoms with E-state index in [2.05, 4.69) is 5.32 Å². The first-order chi connectivity index (χ1) is 6.66. The Morgan fingerprint density at radius 3 is 2.79 bits per heavy atom. The largest absolute Gasteiger partial charge is 0.393 e. The summed E-state index contributed by atoms with van der Waals surface area (Å²) in [4.78, 5) is 11.5. The van der Waals surface area contributed by atoms with Gasteiger partial charge in [0.25, 0.3) is 0 Å². The highest BCUT2D eigenvalue weighted by atomic mass is 32.1. The Morgan fingerprint density at radius 2 is 2.21 bits per heavy atom. The third kappa shape index (κ3) is 9.41. The smallest absolute Gasteiger partial charge is 0.245 e. The summed E-state index contributed by atoms with van der Waals surface area (Å²) < 4.78 is 4.94. The second-order valence-corrected chi connectivity index (χ2v) is 3.43. The Balaban J connectivity index is 3.19. The van der Waals surface area contributed by atoms with Gasteiger partial charge in [0, 0.05) is 13.2 Å². The minimum Gasteiger partial charge on any atom is -0.393 e. The van der Waals surface area contributed by atoms with E-state index in [4.69, 9.17) is 22.7 Å². The number of carbonyl (C=O) groups excluding carboxylic acids is 1. The fourth-order valence-corrected chi connectivity index (χ4v) is 1.04. The summed E-state index contributed by atoms with van der Waals surface area (Å²) >= 11 is 4.72. The number of amides is 1. The van der Waals surface area contributed by atoms with Crippen LogP contribution in [-0.2, 0) is 9.53 Å². The first-order valence-electron chi connectivity index (χ1n) is 4.79. The molecule has 0 spiro atoms. The summed E-state index contributed by atoms with van der Waals surface area (Å²) in [5.74, 6) is -0.0674. The van der Waals surface area contributed by atoms with Gasteiger partial charge in [-0.1, -0.05) is 12.2 Å². The molecule has 4 nitrogen and oxygen atoms in total. The zero-order valence-corrected chi connectivity index (χ0v) is 9.36. The number of unbranched alkanes of at least 4 members (excludes halogenated alkanes) is 1. The fraction of sp³-hybridized carbons (Fsp3) is 0.778. The topological polar surface area (TPSA) is 64.3 Å². The van der Waals surface area contributed by atoms with Gasteiger partial charge in [-0.2, -0.15) is 0 Å². The number of nitrogens with two attached hydrogens (primary N) is 1. The molecule has 5 heteroatoms. The number of hydrogen-bond acceptors (Lipinski definition) is 3. The molecule has 14 heavy (non-hydrogen) atoms. The molecule has 0 aliphatic carbocycles. The number of thiocarbonyl (C=S) groups is 1. The van der Waals surface area contributed by atoms with Crippen molar-refractivity contribution in [2.75, 3.05) is 19.8 Å². The molecule has 0 aliphatic heterocycles. The highest BCUT2D eigenvalue weighted by Gasteiger charge is 1.98. The predicted octanol–water partition coefficient (Wildman–Crippen LogP) is 0.595. The standard InChI is InChI=1S/C9H18N2O2S/c1-2-13-7-9(12)11-6-4-3-5-8(10)14/h2-7H2,1H3,(H2,10,14)(H,11,12). The highest BCUT2D eigenvalue weighted by Crippen LogP contribution is 1.93.